The quantitative estimate of drug-likeness (QED) is 0.809. The number of hydrogen-bond donors (Lipinski definition) is 1. The Hall–Kier alpha value is -1.66. The van der Waals surface area contributed by atoms with E-state index in [1.807, 2.05) is 12.1 Å². The zero-order valence-electron chi connectivity index (χ0n) is 13.3. The van der Waals surface area contributed by atoms with Crippen LogP contribution in [0, 0.1) is 0 Å². The van der Waals surface area contributed by atoms with Gasteiger partial charge in [-0.2, -0.15) is 0 Å². The molecule has 1 fully saturated rings. The molecular weight excluding hydrogens is 346 g/mol. The van der Waals surface area contributed by atoms with Crippen molar-refractivity contribution in [2.75, 3.05) is 11.9 Å². The van der Waals surface area contributed by atoms with Crippen molar-refractivity contribution < 1.29 is 9.53 Å². The number of amides is 1. The molecule has 5 nitrogen and oxygen atoms in total. The highest BCUT2D eigenvalue weighted by Crippen LogP contribution is 2.35. The van der Waals surface area contributed by atoms with Gasteiger partial charge in [0.2, 0.25) is 11.0 Å². The summed E-state index contributed by atoms with van der Waals surface area (Å²) in [6.45, 7) is 0.268. The molecule has 7 heteroatoms. The number of carbonyl (C=O) groups excluding carboxylic acids is 1. The molecule has 1 amide bonds. The molecule has 0 spiro atoms. The third-order valence-corrected chi connectivity index (χ3v) is 5.38. The second-order valence-corrected chi connectivity index (χ2v) is 7.27. The van der Waals surface area contributed by atoms with E-state index in [0.717, 1.165) is 5.01 Å². The third kappa shape index (κ3) is 4.68. The van der Waals surface area contributed by atoms with Gasteiger partial charge in [-0.3, -0.25) is 4.79 Å². The number of benzene rings is 1. The van der Waals surface area contributed by atoms with Crippen LogP contribution in [0.2, 0.25) is 5.02 Å². The van der Waals surface area contributed by atoms with E-state index < -0.39 is 0 Å². The Morgan fingerprint density at radius 1 is 1.25 bits per heavy atom. The summed E-state index contributed by atoms with van der Waals surface area (Å²) in [6.07, 6.45) is 6.41. The summed E-state index contributed by atoms with van der Waals surface area (Å²) in [5, 5.41) is 13.3. The molecule has 1 aliphatic rings. The highest BCUT2D eigenvalue weighted by Gasteiger charge is 2.20. The van der Waals surface area contributed by atoms with Gasteiger partial charge in [0.1, 0.15) is 10.8 Å². The number of anilines is 1. The lowest BCUT2D eigenvalue weighted by molar-refractivity contribution is -0.116. The Bertz CT molecular complexity index is 686. The predicted octanol–water partition coefficient (Wildman–Crippen LogP) is 4.65. The smallest absolute Gasteiger partial charge is 0.229 e. The van der Waals surface area contributed by atoms with Crippen LogP contribution in [0.3, 0.4) is 0 Å². The Kier molecular flexibility index (Phi) is 6.04. The molecule has 1 aromatic carbocycles. The van der Waals surface area contributed by atoms with Crippen LogP contribution in [0.5, 0.6) is 5.75 Å². The Labute approximate surface area is 150 Å². The van der Waals surface area contributed by atoms with Gasteiger partial charge in [0, 0.05) is 5.92 Å². The number of hydrogen-bond acceptors (Lipinski definition) is 5. The number of carbonyl (C=O) groups is 1. The Morgan fingerprint density at radius 2 is 2.04 bits per heavy atom. The predicted molar refractivity (Wildman–Crippen MR) is 95.9 cm³/mol. The number of nitrogens with zero attached hydrogens (tertiary/aromatic N) is 2. The molecule has 0 unspecified atom stereocenters. The summed E-state index contributed by atoms with van der Waals surface area (Å²) in [5.41, 5.74) is 0. The molecule has 128 valence electrons. The van der Waals surface area contributed by atoms with Gasteiger partial charge < -0.3 is 10.1 Å². The fourth-order valence-electron chi connectivity index (χ4n) is 2.80. The van der Waals surface area contributed by atoms with E-state index in [2.05, 4.69) is 15.5 Å². The number of aromatic nitrogens is 2. The zero-order chi connectivity index (χ0) is 16.8. The van der Waals surface area contributed by atoms with Crippen molar-refractivity contribution in [1.82, 2.24) is 10.2 Å². The van der Waals surface area contributed by atoms with E-state index in [1.54, 1.807) is 12.1 Å². The molecule has 2 aromatic rings. The van der Waals surface area contributed by atoms with Gasteiger partial charge in [0.05, 0.1) is 18.1 Å². The number of rotatable bonds is 6. The first kappa shape index (κ1) is 17.2. The largest absolute Gasteiger partial charge is 0.491 e. The van der Waals surface area contributed by atoms with Gasteiger partial charge in [0.15, 0.2) is 0 Å². The molecule has 0 radical (unpaired) electrons. The number of para-hydroxylation sites is 1. The lowest BCUT2D eigenvalue weighted by Gasteiger charge is -2.18. The summed E-state index contributed by atoms with van der Waals surface area (Å²) in [4.78, 5) is 12.0. The topological polar surface area (TPSA) is 64.1 Å². The van der Waals surface area contributed by atoms with Crippen molar-refractivity contribution in [3.8, 4) is 5.75 Å². The van der Waals surface area contributed by atoms with Gasteiger partial charge in [-0.15, -0.1) is 10.2 Å². The highest BCUT2D eigenvalue weighted by atomic mass is 35.5. The first-order valence-electron chi connectivity index (χ1n) is 8.23. The van der Waals surface area contributed by atoms with Gasteiger partial charge >= 0.3 is 0 Å². The molecule has 1 aromatic heterocycles. The minimum atomic E-state index is -0.131. The van der Waals surface area contributed by atoms with Crippen molar-refractivity contribution in [1.29, 1.82) is 0 Å². The van der Waals surface area contributed by atoms with E-state index in [1.165, 1.54) is 43.4 Å². The van der Waals surface area contributed by atoms with Crippen LogP contribution in [-0.2, 0) is 4.79 Å². The Balaban J connectivity index is 1.45. The fourth-order valence-corrected chi connectivity index (χ4v) is 3.92. The maximum atomic E-state index is 12.0. The van der Waals surface area contributed by atoms with E-state index in [0.29, 0.717) is 21.8 Å². The molecular formula is C17H20ClN3O2S. The number of ether oxygens (including phenoxy) is 1. The van der Waals surface area contributed by atoms with Crippen molar-refractivity contribution in [3.05, 3.63) is 34.3 Å². The lowest BCUT2D eigenvalue weighted by atomic mass is 9.90. The summed E-state index contributed by atoms with van der Waals surface area (Å²) in [7, 11) is 0. The lowest BCUT2D eigenvalue weighted by Crippen LogP contribution is -2.15. The molecule has 1 saturated carbocycles. The van der Waals surface area contributed by atoms with Crippen LogP contribution in [0.15, 0.2) is 24.3 Å². The van der Waals surface area contributed by atoms with Crippen LogP contribution >= 0.6 is 22.9 Å². The second-order valence-electron chi connectivity index (χ2n) is 5.86. The van der Waals surface area contributed by atoms with E-state index in [-0.39, 0.29) is 18.9 Å². The van der Waals surface area contributed by atoms with E-state index in [9.17, 15) is 4.79 Å². The average Bonchev–Trinajstić information content (AvgIpc) is 3.06. The molecule has 24 heavy (non-hydrogen) atoms. The van der Waals surface area contributed by atoms with E-state index >= 15 is 0 Å². The third-order valence-electron chi connectivity index (χ3n) is 4.06. The van der Waals surface area contributed by atoms with Crippen molar-refractivity contribution in [2.45, 2.75) is 44.4 Å². The number of nitrogens with one attached hydrogen (secondary N) is 1. The molecule has 0 bridgehead atoms. The molecule has 1 heterocycles. The summed E-state index contributed by atoms with van der Waals surface area (Å²) < 4.78 is 5.52. The number of halogens is 1. The van der Waals surface area contributed by atoms with E-state index in [4.69, 9.17) is 16.3 Å². The van der Waals surface area contributed by atoms with Crippen LogP contribution < -0.4 is 10.1 Å². The maximum absolute atomic E-state index is 12.0. The summed E-state index contributed by atoms with van der Waals surface area (Å²) >= 11 is 7.49. The van der Waals surface area contributed by atoms with Crippen molar-refractivity contribution >= 4 is 34.0 Å². The van der Waals surface area contributed by atoms with Crippen molar-refractivity contribution in [3.63, 3.8) is 0 Å². The maximum Gasteiger partial charge on any atom is 0.229 e. The standard InChI is InChI=1S/C17H20ClN3O2S/c18-13-8-4-5-9-14(13)23-11-10-15(22)19-17-21-20-16(24-17)12-6-2-1-3-7-12/h4-5,8-9,12H,1-3,6-7,10-11H2,(H,19,21,22). The normalized spacial score (nSPS) is 15.2. The van der Waals surface area contributed by atoms with Crippen LogP contribution in [0.4, 0.5) is 5.13 Å². The zero-order valence-corrected chi connectivity index (χ0v) is 14.9. The highest BCUT2D eigenvalue weighted by molar-refractivity contribution is 7.15. The minimum Gasteiger partial charge on any atom is -0.491 e. The van der Waals surface area contributed by atoms with Crippen LogP contribution in [0.25, 0.3) is 0 Å². The second kappa shape index (κ2) is 8.44. The SMILES string of the molecule is O=C(CCOc1ccccc1Cl)Nc1nnc(C2CCCCC2)s1. The fraction of sp³-hybridized carbons (Fsp3) is 0.471. The average molecular weight is 366 g/mol. The monoisotopic (exact) mass is 365 g/mol. The van der Waals surface area contributed by atoms with Crippen LogP contribution in [-0.4, -0.2) is 22.7 Å². The van der Waals surface area contributed by atoms with Crippen LogP contribution in [0.1, 0.15) is 49.5 Å². The molecule has 0 saturated heterocycles. The van der Waals surface area contributed by atoms with Gasteiger partial charge in [-0.1, -0.05) is 54.3 Å². The first-order valence-corrected chi connectivity index (χ1v) is 9.42. The minimum absolute atomic E-state index is 0.131. The van der Waals surface area contributed by atoms with Gasteiger partial charge in [-0.25, -0.2) is 0 Å². The molecule has 3 rings (SSSR count). The van der Waals surface area contributed by atoms with Gasteiger partial charge in [-0.05, 0) is 25.0 Å². The summed E-state index contributed by atoms with van der Waals surface area (Å²) in [6, 6.07) is 7.21. The van der Waals surface area contributed by atoms with Crippen molar-refractivity contribution in [2.24, 2.45) is 0 Å². The molecule has 0 atom stereocenters. The Morgan fingerprint density at radius 3 is 2.83 bits per heavy atom. The first-order chi connectivity index (χ1) is 11.7. The van der Waals surface area contributed by atoms with Gasteiger partial charge in [0.25, 0.3) is 0 Å². The summed E-state index contributed by atoms with van der Waals surface area (Å²) in [5.74, 6) is 0.960. The molecule has 1 N–H and O–H groups in total. The molecule has 1 aliphatic carbocycles. The molecule has 0 aliphatic heterocycles.